The summed E-state index contributed by atoms with van der Waals surface area (Å²) in [6.07, 6.45) is 1.47. The fourth-order valence-electron chi connectivity index (χ4n) is 5.00. The molecule has 4 aromatic rings. The second-order valence-corrected chi connectivity index (χ2v) is 11.0. The van der Waals surface area contributed by atoms with Gasteiger partial charge < -0.3 is 25.6 Å². The lowest BCUT2D eigenvalue weighted by molar-refractivity contribution is 0.102. The maximum atomic E-state index is 13.4. The number of nitrogens with one attached hydrogen (secondary N) is 3. The Morgan fingerprint density at radius 3 is 2.51 bits per heavy atom. The SMILES string of the molecule is Cc1cccc(C)c1NC(=O)c1cnc(Nc2ccc(N3CCNCC3C(C)C)cc2)nc1Oc1cccc(Cl)c1. The maximum Gasteiger partial charge on any atom is 0.262 e. The van der Waals surface area contributed by atoms with Crippen LogP contribution in [0.4, 0.5) is 23.0 Å². The molecular formula is C32H35ClN6O2. The summed E-state index contributed by atoms with van der Waals surface area (Å²) >= 11 is 6.18. The molecule has 0 spiro atoms. The van der Waals surface area contributed by atoms with Gasteiger partial charge in [-0.3, -0.25) is 4.79 Å². The quantitative estimate of drug-likeness (QED) is 0.211. The third-order valence-corrected chi connectivity index (χ3v) is 7.47. The molecule has 1 saturated heterocycles. The first-order valence-electron chi connectivity index (χ1n) is 13.8. The fraction of sp³-hybridized carbons (Fsp3) is 0.281. The number of benzene rings is 3. The van der Waals surface area contributed by atoms with Gasteiger partial charge in [0.2, 0.25) is 11.8 Å². The van der Waals surface area contributed by atoms with E-state index in [0.717, 1.165) is 42.1 Å². The lowest BCUT2D eigenvalue weighted by Crippen LogP contribution is -2.53. The summed E-state index contributed by atoms with van der Waals surface area (Å²) in [5, 5.41) is 10.3. The summed E-state index contributed by atoms with van der Waals surface area (Å²) in [4.78, 5) is 24.9. The molecule has 8 nitrogen and oxygen atoms in total. The predicted octanol–water partition coefficient (Wildman–Crippen LogP) is 6.97. The Kier molecular flexibility index (Phi) is 8.71. The highest BCUT2D eigenvalue weighted by Gasteiger charge is 2.25. The molecule has 1 atom stereocenters. The van der Waals surface area contributed by atoms with Gasteiger partial charge in [0.25, 0.3) is 5.91 Å². The molecule has 3 aromatic carbocycles. The number of aryl methyl sites for hydroxylation is 2. The Morgan fingerprint density at radius 2 is 1.80 bits per heavy atom. The minimum atomic E-state index is -0.369. The third-order valence-electron chi connectivity index (χ3n) is 7.24. The number of nitrogens with zero attached hydrogens (tertiary/aromatic N) is 3. The van der Waals surface area contributed by atoms with Crippen LogP contribution in [0.2, 0.25) is 5.02 Å². The van der Waals surface area contributed by atoms with Crippen LogP contribution in [0, 0.1) is 19.8 Å². The van der Waals surface area contributed by atoms with E-state index in [4.69, 9.17) is 16.3 Å². The molecular weight excluding hydrogens is 536 g/mol. The summed E-state index contributed by atoms with van der Waals surface area (Å²) in [5.41, 5.74) is 4.87. The van der Waals surface area contributed by atoms with E-state index in [1.165, 1.54) is 11.9 Å². The van der Waals surface area contributed by atoms with E-state index in [2.05, 4.69) is 56.8 Å². The van der Waals surface area contributed by atoms with Crippen LogP contribution in [0.1, 0.15) is 35.3 Å². The van der Waals surface area contributed by atoms with E-state index >= 15 is 0 Å². The number of carbonyl (C=O) groups is 1. The summed E-state index contributed by atoms with van der Waals surface area (Å²) in [6, 6.07) is 21.5. The normalized spacial score (nSPS) is 15.1. The number of hydrogen-bond donors (Lipinski definition) is 3. The first-order valence-corrected chi connectivity index (χ1v) is 14.2. The number of anilines is 4. The number of ether oxygens (including phenoxy) is 1. The maximum absolute atomic E-state index is 13.4. The van der Waals surface area contributed by atoms with Crippen LogP contribution in [-0.2, 0) is 0 Å². The zero-order valence-corrected chi connectivity index (χ0v) is 24.5. The molecule has 41 heavy (non-hydrogen) atoms. The molecule has 9 heteroatoms. The smallest absolute Gasteiger partial charge is 0.262 e. The van der Waals surface area contributed by atoms with Gasteiger partial charge in [0.1, 0.15) is 11.3 Å². The van der Waals surface area contributed by atoms with Crippen molar-refractivity contribution in [3.63, 3.8) is 0 Å². The highest BCUT2D eigenvalue weighted by Crippen LogP contribution is 2.30. The fourth-order valence-corrected chi connectivity index (χ4v) is 5.18. The molecule has 0 aliphatic carbocycles. The van der Waals surface area contributed by atoms with Crippen LogP contribution >= 0.6 is 11.6 Å². The molecule has 1 unspecified atom stereocenters. The monoisotopic (exact) mass is 570 g/mol. The van der Waals surface area contributed by atoms with Crippen molar-refractivity contribution >= 4 is 40.5 Å². The number of hydrogen-bond acceptors (Lipinski definition) is 7. The number of halogens is 1. The van der Waals surface area contributed by atoms with Crippen LogP contribution in [0.25, 0.3) is 0 Å². The second-order valence-electron chi connectivity index (χ2n) is 10.6. The van der Waals surface area contributed by atoms with Crippen molar-refractivity contribution in [3.05, 3.63) is 94.6 Å². The average molecular weight is 571 g/mol. The summed E-state index contributed by atoms with van der Waals surface area (Å²) in [6.45, 7) is 11.3. The predicted molar refractivity (Wildman–Crippen MR) is 166 cm³/mol. The lowest BCUT2D eigenvalue weighted by atomic mass is 10.00. The number of carbonyl (C=O) groups excluding carboxylic acids is 1. The van der Waals surface area contributed by atoms with Crippen LogP contribution < -0.4 is 25.6 Å². The molecule has 212 valence electrons. The number of para-hydroxylation sites is 1. The van der Waals surface area contributed by atoms with Gasteiger partial charge in [0.05, 0.1) is 0 Å². The van der Waals surface area contributed by atoms with Gasteiger partial charge in [-0.1, -0.05) is 49.7 Å². The standard InChI is InChI=1S/C32H35ClN6O2/c1-20(2)28-19-34-15-16-39(28)25-13-11-24(12-14-25)36-32-35-18-27(30(40)37-29-21(3)7-5-8-22(29)4)31(38-32)41-26-10-6-9-23(33)17-26/h5-14,17-18,20,28,34H,15-16,19H2,1-4H3,(H,37,40)(H,35,36,38). The number of aromatic nitrogens is 2. The molecule has 0 saturated carbocycles. The zero-order chi connectivity index (χ0) is 28.9. The van der Waals surface area contributed by atoms with Gasteiger partial charge >= 0.3 is 0 Å². The highest BCUT2D eigenvalue weighted by atomic mass is 35.5. The largest absolute Gasteiger partial charge is 0.438 e. The molecule has 0 radical (unpaired) electrons. The van der Waals surface area contributed by atoms with Crippen molar-refractivity contribution in [2.75, 3.05) is 35.2 Å². The van der Waals surface area contributed by atoms with Crippen molar-refractivity contribution in [1.29, 1.82) is 0 Å². The van der Waals surface area contributed by atoms with Gasteiger partial charge in [0, 0.05) is 54.0 Å². The molecule has 1 amide bonds. The molecule has 1 fully saturated rings. The first kappa shape index (κ1) is 28.4. The molecule has 1 aliphatic rings. The Morgan fingerprint density at radius 1 is 1.07 bits per heavy atom. The van der Waals surface area contributed by atoms with Gasteiger partial charge in [0.15, 0.2) is 0 Å². The van der Waals surface area contributed by atoms with E-state index in [1.54, 1.807) is 24.3 Å². The van der Waals surface area contributed by atoms with Crippen LogP contribution in [-0.4, -0.2) is 41.6 Å². The van der Waals surface area contributed by atoms with E-state index in [-0.39, 0.29) is 17.4 Å². The van der Waals surface area contributed by atoms with Crippen molar-refractivity contribution in [2.24, 2.45) is 5.92 Å². The summed E-state index contributed by atoms with van der Waals surface area (Å²) in [7, 11) is 0. The topological polar surface area (TPSA) is 91.4 Å². The molecule has 3 N–H and O–H groups in total. The first-order chi connectivity index (χ1) is 19.8. The van der Waals surface area contributed by atoms with Gasteiger partial charge in [-0.2, -0.15) is 4.98 Å². The molecule has 1 aromatic heterocycles. The molecule has 2 heterocycles. The Labute approximate surface area is 246 Å². The van der Waals surface area contributed by atoms with Gasteiger partial charge in [-0.25, -0.2) is 4.98 Å². The van der Waals surface area contributed by atoms with Crippen molar-refractivity contribution in [2.45, 2.75) is 33.7 Å². The van der Waals surface area contributed by atoms with Crippen LogP contribution in [0.3, 0.4) is 0 Å². The molecule has 1 aliphatic heterocycles. The van der Waals surface area contributed by atoms with Crippen molar-refractivity contribution in [3.8, 4) is 11.6 Å². The summed E-state index contributed by atoms with van der Waals surface area (Å²) < 4.78 is 6.07. The van der Waals surface area contributed by atoms with Crippen LogP contribution in [0.15, 0.2) is 72.9 Å². The minimum Gasteiger partial charge on any atom is -0.438 e. The Hall–Kier alpha value is -4.14. The Bertz CT molecular complexity index is 1510. The highest BCUT2D eigenvalue weighted by molar-refractivity contribution is 6.30. The average Bonchev–Trinajstić information content (AvgIpc) is 2.95. The van der Waals surface area contributed by atoms with Gasteiger partial charge in [-0.15, -0.1) is 0 Å². The minimum absolute atomic E-state index is 0.116. The van der Waals surface area contributed by atoms with E-state index in [1.807, 2.05) is 44.2 Å². The van der Waals surface area contributed by atoms with E-state index < -0.39 is 0 Å². The molecule has 0 bridgehead atoms. The zero-order valence-electron chi connectivity index (χ0n) is 23.7. The van der Waals surface area contributed by atoms with Crippen molar-refractivity contribution < 1.29 is 9.53 Å². The van der Waals surface area contributed by atoms with Crippen LogP contribution in [0.5, 0.6) is 11.6 Å². The number of amides is 1. The summed E-state index contributed by atoms with van der Waals surface area (Å²) in [5.74, 6) is 1.05. The second kappa shape index (κ2) is 12.6. The molecule has 5 rings (SSSR count). The Balaban J connectivity index is 1.40. The van der Waals surface area contributed by atoms with Crippen molar-refractivity contribution in [1.82, 2.24) is 15.3 Å². The van der Waals surface area contributed by atoms with E-state index in [0.29, 0.717) is 28.7 Å². The third kappa shape index (κ3) is 6.78. The van der Waals surface area contributed by atoms with E-state index in [9.17, 15) is 4.79 Å². The number of rotatable bonds is 8. The lowest BCUT2D eigenvalue weighted by Gasteiger charge is -2.40. The number of piperazine rings is 1. The van der Waals surface area contributed by atoms with Gasteiger partial charge in [-0.05, 0) is 73.4 Å².